The molecule has 1 aliphatic heterocycles. The molecule has 1 aromatic rings. The molecule has 1 atom stereocenters. The van der Waals surface area contributed by atoms with E-state index in [1.54, 1.807) is 24.9 Å². The van der Waals surface area contributed by atoms with Crippen LogP contribution in [0.1, 0.15) is 24.0 Å². The van der Waals surface area contributed by atoms with Gasteiger partial charge in [-0.2, -0.15) is 11.8 Å². The van der Waals surface area contributed by atoms with Gasteiger partial charge < -0.3 is 15.4 Å². The van der Waals surface area contributed by atoms with Crippen molar-refractivity contribution in [1.82, 2.24) is 10.6 Å². The maximum absolute atomic E-state index is 13.3. The molecule has 0 radical (unpaired) electrons. The Labute approximate surface area is 159 Å². The van der Waals surface area contributed by atoms with Gasteiger partial charge in [-0.1, -0.05) is 6.07 Å². The van der Waals surface area contributed by atoms with E-state index in [-0.39, 0.29) is 35.9 Å². The van der Waals surface area contributed by atoms with Crippen LogP contribution >= 0.6 is 35.7 Å². The maximum Gasteiger partial charge on any atom is 0.191 e. The van der Waals surface area contributed by atoms with E-state index >= 15 is 0 Å². The fourth-order valence-corrected chi connectivity index (χ4v) is 3.05. The highest BCUT2D eigenvalue weighted by Crippen LogP contribution is 2.16. The topological polar surface area (TPSA) is 45.7 Å². The van der Waals surface area contributed by atoms with Crippen LogP contribution in [0.15, 0.2) is 23.2 Å². The molecule has 4 nitrogen and oxygen atoms in total. The second kappa shape index (κ2) is 11.1. The second-order valence-electron chi connectivity index (χ2n) is 5.29. The number of benzene rings is 1. The van der Waals surface area contributed by atoms with Crippen LogP contribution in [-0.4, -0.2) is 38.5 Å². The molecule has 23 heavy (non-hydrogen) atoms. The molecular weight excluding hydrogens is 428 g/mol. The third-order valence-corrected chi connectivity index (χ3v) is 4.26. The average Bonchev–Trinajstić information content (AvgIpc) is 3.03. The molecule has 0 saturated carbocycles. The van der Waals surface area contributed by atoms with Gasteiger partial charge in [0.15, 0.2) is 5.96 Å². The van der Waals surface area contributed by atoms with Crippen LogP contribution in [-0.2, 0) is 17.0 Å². The Morgan fingerprint density at radius 2 is 2.22 bits per heavy atom. The predicted molar refractivity (Wildman–Crippen MR) is 106 cm³/mol. The lowest BCUT2D eigenvalue weighted by molar-refractivity contribution is 0.114. The van der Waals surface area contributed by atoms with Gasteiger partial charge in [-0.3, -0.25) is 4.99 Å². The number of ether oxygens (including phenoxy) is 1. The lowest BCUT2D eigenvalue weighted by atomic mass is 10.1. The minimum atomic E-state index is -0.186. The van der Waals surface area contributed by atoms with Crippen molar-refractivity contribution < 1.29 is 9.13 Å². The van der Waals surface area contributed by atoms with Crippen LogP contribution in [0, 0.1) is 5.82 Å². The first kappa shape index (κ1) is 20.5. The van der Waals surface area contributed by atoms with E-state index in [1.165, 1.54) is 6.07 Å². The zero-order chi connectivity index (χ0) is 15.8. The zero-order valence-electron chi connectivity index (χ0n) is 13.6. The van der Waals surface area contributed by atoms with E-state index in [1.807, 2.05) is 12.3 Å². The van der Waals surface area contributed by atoms with Gasteiger partial charge in [0.05, 0.1) is 6.10 Å². The molecule has 0 spiro atoms. The summed E-state index contributed by atoms with van der Waals surface area (Å²) in [6.07, 6.45) is 4.52. The lowest BCUT2D eigenvalue weighted by Crippen LogP contribution is -2.40. The first-order chi connectivity index (χ1) is 10.7. The van der Waals surface area contributed by atoms with Gasteiger partial charge in [0.2, 0.25) is 0 Å². The van der Waals surface area contributed by atoms with Crippen molar-refractivity contribution in [2.24, 2.45) is 4.99 Å². The Morgan fingerprint density at radius 1 is 1.39 bits per heavy atom. The summed E-state index contributed by atoms with van der Waals surface area (Å²) in [5, 5.41) is 6.56. The standard InChI is InChI=1S/C16H24FN3OS.HI/c1-18-16(20-10-15-4-3-7-21-15)19-9-12-5-6-14(17)8-13(12)11-22-2;/h5-6,8,15H,3-4,7,9-11H2,1-2H3,(H2,18,19,20);1H. The first-order valence-corrected chi connectivity index (χ1v) is 8.94. The van der Waals surface area contributed by atoms with E-state index in [2.05, 4.69) is 15.6 Å². The van der Waals surface area contributed by atoms with Crippen LogP contribution in [0.2, 0.25) is 0 Å². The highest BCUT2D eigenvalue weighted by atomic mass is 127. The fraction of sp³-hybridized carbons (Fsp3) is 0.562. The van der Waals surface area contributed by atoms with Crippen molar-refractivity contribution >= 4 is 41.7 Å². The van der Waals surface area contributed by atoms with Gasteiger partial charge >= 0.3 is 0 Å². The van der Waals surface area contributed by atoms with E-state index in [0.29, 0.717) is 6.54 Å². The largest absolute Gasteiger partial charge is 0.376 e. The summed E-state index contributed by atoms with van der Waals surface area (Å²) in [6.45, 7) is 2.24. The molecule has 0 amide bonds. The Morgan fingerprint density at radius 3 is 2.87 bits per heavy atom. The first-order valence-electron chi connectivity index (χ1n) is 7.55. The number of halogens is 2. The normalized spacial score (nSPS) is 17.7. The molecule has 2 N–H and O–H groups in total. The molecule has 1 fully saturated rings. The number of thioether (sulfide) groups is 1. The minimum Gasteiger partial charge on any atom is -0.376 e. The Bertz CT molecular complexity index is 510. The fourth-order valence-electron chi connectivity index (χ4n) is 2.47. The van der Waals surface area contributed by atoms with E-state index in [0.717, 1.165) is 48.8 Å². The summed E-state index contributed by atoms with van der Waals surface area (Å²) in [7, 11) is 1.75. The molecule has 7 heteroatoms. The Balaban J connectivity index is 0.00000264. The molecule has 1 saturated heterocycles. The number of nitrogens with one attached hydrogen (secondary N) is 2. The number of hydrogen-bond donors (Lipinski definition) is 2. The molecule has 2 rings (SSSR count). The summed E-state index contributed by atoms with van der Waals surface area (Å²) < 4.78 is 18.9. The van der Waals surface area contributed by atoms with Gasteiger partial charge in [0, 0.05) is 32.5 Å². The van der Waals surface area contributed by atoms with Crippen molar-refractivity contribution in [2.75, 3.05) is 26.5 Å². The summed E-state index contributed by atoms with van der Waals surface area (Å²) in [6, 6.07) is 4.95. The van der Waals surface area contributed by atoms with Gasteiger partial charge in [0.1, 0.15) is 5.82 Å². The third-order valence-electron chi connectivity index (χ3n) is 3.66. The van der Waals surface area contributed by atoms with Gasteiger partial charge in [-0.25, -0.2) is 4.39 Å². The van der Waals surface area contributed by atoms with Crippen molar-refractivity contribution in [2.45, 2.75) is 31.2 Å². The van der Waals surface area contributed by atoms with Crippen LogP contribution < -0.4 is 10.6 Å². The van der Waals surface area contributed by atoms with Crippen molar-refractivity contribution in [1.29, 1.82) is 0 Å². The summed E-state index contributed by atoms with van der Waals surface area (Å²) in [5.74, 6) is 1.36. The molecule has 1 aromatic carbocycles. The molecule has 130 valence electrons. The number of aliphatic imine (C=N–C) groups is 1. The molecule has 0 aliphatic carbocycles. The summed E-state index contributed by atoms with van der Waals surface area (Å²) >= 11 is 1.69. The summed E-state index contributed by atoms with van der Waals surface area (Å²) in [5.41, 5.74) is 2.12. The number of guanidine groups is 1. The van der Waals surface area contributed by atoms with Crippen molar-refractivity contribution in [3.05, 3.63) is 35.1 Å². The van der Waals surface area contributed by atoms with E-state index < -0.39 is 0 Å². The van der Waals surface area contributed by atoms with Gasteiger partial charge in [-0.15, -0.1) is 24.0 Å². The predicted octanol–water partition coefficient (Wildman–Crippen LogP) is 3.15. The quantitative estimate of drug-likeness (QED) is 0.395. The highest BCUT2D eigenvalue weighted by molar-refractivity contribution is 14.0. The van der Waals surface area contributed by atoms with Crippen molar-refractivity contribution in [3.63, 3.8) is 0 Å². The molecule has 1 unspecified atom stereocenters. The summed E-state index contributed by atoms with van der Waals surface area (Å²) in [4.78, 5) is 4.22. The maximum atomic E-state index is 13.3. The second-order valence-corrected chi connectivity index (χ2v) is 6.15. The van der Waals surface area contributed by atoms with Crippen molar-refractivity contribution in [3.8, 4) is 0 Å². The number of rotatable bonds is 6. The number of hydrogen-bond acceptors (Lipinski definition) is 3. The van der Waals surface area contributed by atoms with Crippen LogP contribution in [0.4, 0.5) is 4.39 Å². The number of nitrogens with zero attached hydrogens (tertiary/aromatic N) is 1. The SMILES string of the molecule is CN=C(NCc1ccc(F)cc1CSC)NCC1CCCO1.I. The monoisotopic (exact) mass is 453 g/mol. The van der Waals surface area contributed by atoms with Crippen LogP contribution in [0.5, 0.6) is 0 Å². The lowest BCUT2D eigenvalue weighted by Gasteiger charge is -2.16. The molecule has 1 heterocycles. The van der Waals surface area contributed by atoms with Gasteiger partial charge in [0.25, 0.3) is 0 Å². The van der Waals surface area contributed by atoms with Crippen LogP contribution in [0.3, 0.4) is 0 Å². The van der Waals surface area contributed by atoms with Crippen LogP contribution in [0.25, 0.3) is 0 Å². The minimum absolute atomic E-state index is 0. The Hall–Kier alpha value is -0.540. The molecule has 0 aromatic heterocycles. The highest BCUT2D eigenvalue weighted by Gasteiger charge is 2.15. The van der Waals surface area contributed by atoms with E-state index in [4.69, 9.17) is 4.74 Å². The smallest absolute Gasteiger partial charge is 0.191 e. The van der Waals surface area contributed by atoms with Gasteiger partial charge in [-0.05, 0) is 42.4 Å². The molecule has 0 bridgehead atoms. The molecular formula is C16H25FIN3OS. The zero-order valence-corrected chi connectivity index (χ0v) is 16.7. The average molecular weight is 453 g/mol. The third kappa shape index (κ3) is 6.84. The Kier molecular flexibility index (Phi) is 9.89. The molecule has 1 aliphatic rings. The van der Waals surface area contributed by atoms with E-state index in [9.17, 15) is 4.39 Å².